The highest BCUT2D eigenvalue weighted by Gasteiger charge is 2.27. The first-order valence-corrected chi connectivity index (χ1v) is 9.38. The van der Waals surface area contributed by atoms with E-state index in [1.54, 1.807) is 31.2 Å². The van der Waals surface area contributed by atoms with E-state index in [4.69, 9.17) is 4.74 Å². The molecule has 1 aliphatic rings. The second-order valence-electron chi connectivity index (χ2n) is 6.34. The Kier molecular flexibility index (Phi) is 6.87. The van der Waals surface area contributed by atoms with Crippen LogP contribution in [-0.4, -0.2) is 41.7 Å². The van der Waals surface area contributed by atoms with Gasteiger partial charge >= 0.3 is 5.97 Å². The van der Waals surface area contributed by atoms with Crippen molar-refractivity contribution in [1.82, 2.24) is 10.6 Å². The van der Waals surface area contributed by atoms with Crippen LogP contribution in [0.2, 0.25) is 0 Å². The van der Waals surface area contributed by atoms with Crippen LogP contribution in [0.5, 0.6) is 0 Å². The topological polar surface area (TPSA) is 84.5 Å². The Labute approximate surface area is 152 Å². The van der Waals surface area contributed by atoms with E-state index in [9.17, 15) is 14.4 Å². The van der Waals surface area contributed by atoms with Gasteiger partial charge in [0.2, 0.25) is 5.91 Å². The highest BCUT2D eigenvalue weighted by molar-refractivity contribution is 8.00. The first-order valence-electron chi connectivity index (χ1n) is 8.39. The number of amides is 2. The van der Waals surface area contributed by atoms with Crippen LogP contribution in [-0.2, 0) is 14.3 Å². The van der Waals surface area contributed by atoms with E-state index in [-0.39, 0.29) is 29.7 Å². The summed E-state index contributed by atoms with van der Waals surface area (Å²) >= 11 is 1.27. The quantitative estimate of drug-likeness (QED) is 0.545. The summed E-state index contributed by atoms with van der Waals surface area (Å²) in [6, 6.07) is 7.21. The van der Waals surface area contributed by atoms with E-state index >= 15 is 0 Å². The number of thioether (sulfide) groups is 1. The normalized spacial score (nSPS) is 14.7. The molecule has 0 bridgehead atoms. The predicted octanol–water partition coefficient (Wildman–Crippen LogP) is 2.13. The van der Waals surface area contributed by atoms with Gasteiger partial charge < -0.3 is 15.4 Å². The predicted molar refractivity (Wildman–Crippen MR) is 96.5 cm³/mol. The van der Waals surface area contributed by atoms with Gasteiger partial charge in [-0.1, -0.05) is 12.1 Å². The number of esters is 1. The summed E-state index contributed by atoms with van der Waals surface area (Å²) in [5.41, 5.74) is 0.357. The Morgan fingerprint density at radius 1 is 1.20 bits per heavy atom. The number of benzene rings is 1. The lowest BCUT2D eigenvalue weighted by Crippen LogP contribution is -2.37. The van der Waals surface area contributed by atoms with Gasteiger partial charge in [0.15, 0.2) is 6.10 Å². The van der Waals surface area contributed by atoms with Crippen molar-refractivity contribution in [2.75, 3.05) is 5.75 Å². The van der Waals surface area contributed by atoms with Gasteiger partial charge in [0.1, 0.15) is 0 Å². The van der Waals surface area contributed by atoms with Gasteiger partial charge in [0.25, 0.3) is 5.91 Å². The lowest BCUT2D eigenvalue weighted by molar-refractivity contribution is -0.129. The first kappa shape index (κ1) is 19.3. The standard InChI is InChI=1S/C18H24N2O4S/c1-11(2)19-16(21)10-25-15-7-5-4-6-14(15)18(23)24-12(3)17(22)20-13-8-9-13/h4-7,11-13H,8-10H2,1-3H3,(H,19,21)(H,20,22). The second kappa shape index (κ2) is 8.89. The molecule has 0 radical (unpaired) electrons. The molecule has 0 aliphatic heterocycles. The van der Waals surface area contributed by atoms with Crippen LogP contribution in [0.1, 0.15) is 44.0 Å². The molecule has 0 aromatic heterocycles. The number of hydrogen-bond acceptors (Lipinski definition) is 5. The van der Waals surface area contributed by atoms with Gasteiger partial charge in [-0.2, -0.15) is 0 Å². The molecule has 1 fully saturated rings. The number of rotatable bonds is 8. The minimum atomic E-state index is -0.851. The molecule has 1 unspecified atom stereocenters. The summed E-state index contributed by atoms with van der Waals surface area (Å²) in [7, 11) is 0. The van der Waals surface area contributed by atoms with E-state index in [1.807, 2.05) is 13.8 Å². The maximum Gasteiger partial charge on any atom is 0.340 e. The molecule has 0 spiro atoms. The van der Waals surface area contributed by atoms with Crippen molar-refractivity contribution in [2.24, 2.45) is 0 Å². The van der Waals surface area contributed by atoms with E-state index in [2.05, 4.69) is 10.6 Å². The van der Waals surface area contributed by atoms with Crippen molar-refractivity contribution >= 4 is 29.5 Å². The maximum atomic E-state index is 12.4. The zero-order chi connectivity index (χ0) is 18.4. The fourth-order valence-electron chi connectivity index (χ4n) is 2.09. The lowest BCUT2D eigenvalue weighted by atomic mass is 10.2. The Morgan fingerprint density at radius 3 is 2.52 bits per heavy atom. The van der Waals surface area contributed by atoms with Crippen molar-refractivity contribution in [3.8, 4) is 0 Å². The van der Waals surface area contributed by atoms with Crippen molar-refractivity contribution < 1.29 is 19.1 Å². The van der Waals surface area contributed by atoms with Crippen molar-refractivity contribution in [2.45, 2.75) is 56.7 Å². The van der Waals surface area contributed by atoms with Crippen molar-refractivity contribution in [3.05, 3.63) is 29.8 Å². The zero-order valence-corrected chi connectivity index (χ0v) is 15.5. The smallest absolute Gasteiger partial charge is 0.340 e. The molecule has 2 amide bonds. The Morgan fingerprint density at radius 2 is 1.88 bits per heavy atom. The highest BCUT2D eigenvalue weighted by atomic mass is 32.2. The van der Waals surface area contributed by atoms with Crippen LogP contribution in [0, 0.1) is 0 Å². The van der Waals surface area contributed by atoms with Crippen LogP contribution < -0.4 is 10.6 Å². The summed E-state index contributed by atoms with van der Waals surface area (Å²) in [6.45, 7) is 5.34. The molecule has 7 heteroatoms. The first-order chi connectivity index (χ1) is 11.9. The molecule has 0 saturated heterocycles. The number of ether oxygens (including phenoxy) is 1. The van der Waals surface area contributed by atoms with Crippen molar-refractivity contribution in [1.29, 1.82) is 0 Å². The number of nitrogens with one attached hydrogen (secondary N) is 2. The lowest BCUT2D eigenvalue weighted by Gasteiger charge is -2.15. The molecule has 2 rings (SSSR count). The van der Waals surface area contributed by atoms with Crippen LogP contribution in [0.25, 0.3) is 0 Å². The molecule has 0 heterocycles. The summed E-state index contributed by atoms with van der Waals surface area (Å²) < 4.78 is 5.27. The zero-order valence-electron chi connectivity index (χ0n) is 14.7. The number of carbonyl (C=O) groups is 3. The molecule has 2 N–H and O–H groups in total. The van der Waals surface area contributed by atoms with Gasteiger partial charge in [0.05, 0.1) is 11.3 Å². The Balaban J connectivity index is 1.94. The minimum Gasteiger partial charge on any atom is -0.449 e. The van der Waals surface area contributed by atoms with E-state index in [0.717, 1.165) is 12.8 Å². The van der Waals surface area contributed by atoms with Gasteiger partial charge in [-0.25, -0.2) is 4.79 Å². The monoisotopic (exact) mass is 364 g/mol. The van der Waals surface area contributed by atoms with E-state index in [1.165, 1.54) is 11.8 Å². The average Bonchev–Trinajstić information content (AvgIpc) is 3.36. The Hall–Kier alpha value is -2.02. The summed E-state index contributed by atoms with van der Waals surface area (Å²) in [5.74, 6) is -0.733. The molecule has 1 aromatic carbocycles. The third-order valence-electron chi connectivity index (χ3n) is 3.49. The van der Waals surface area contributed by atoms with Gasteiger partial charge in [-0.3, -0.25) is 9.59 Å². The van der Waals surface area contributed by atoms with E-state index in [0.29, 0.717) is 10.5 Å². The van der Waals surface area contributed by atoms with Crippen LogP contribution in [0.15, 0.2) is 29.2 Å². The van der Waals surface area contributed by atoms with Crippen molar-refractivity contribution in [3.63, 3.8) is 0 Å². The molecule has 6 nitrogen and oxygen atoms in total. The third kappa shape index (κ3) is 6.42. The largest absolute Gasteiger partial charge is 0.449 e. The van der Waals surface area contributed by atoms with Gasteiger partial charge in [-0.15, -0.1) is 11.8 Å². The molecule has 1 aliphatic carbocycles. The molecule has 1 saturated carbocycles. The van der Waals surface area contributed by atoms with Crippen LogP contribution in [0.4, 0.5) is 0 Å². The SMILES string of the molecule is CC(C)NC(=O)CSc1ccccc1C(=O)OC(C)C(=O)NC1CC1. The molecule has 1 atom stereocenters. The van der Waals surface area contributed by atoms with Gasteiger partial charge in [-0.05, 0) is 45.7 Å². The number of hydrogen-bond donors (Lipinski definition) is 2. The summed E-state index contributed by atoms with van der Waals surface area (Å²) in [6.07, 6.45) is 1.10. The Bertz CT molecular complexity index is 644. The highest BCUT2D eigenvalue weighted by Crippen LogP contribution is 2.24. The molecule has 25 heavy (non-hydrogen) atoms. The fraction of sp³-hybridized carbons (Fsp3) is 0.500. The van der Waals surface area contributed by atoms with Gasteiger partial charge in [0, 0.05) is 17.0 Å². The second-order valence-corrected chi connectivity index (χ2v) is 7.35. The molecular weight excluding hydrogens is 340 g/mol. The number of carbonyl (C=O) groups excluding carboxylic acids is 3. The molecule has 136 valence electrons. The summed E-state index contributed by atoms with van der Waals surface area (Å²) in [4.78, 5) is 36.7. The van der Waals surface area contributed by atoms with Crippen LogP contribution >= 0.6 is 11.8 Å². The average molecular weight is 364 g/mol. The summed E-state index contributed by atoms with van der Waals surface area (Å²) in [5, 5.41) is 5.61. The maximum absolute atomic E-state index is 12.4. The molecule has 1 aromatic rings. The van der Waals surface area contributed by atoms with Crippen LogP contribution in [0.3, 0.4) is 0 Å². The minimum absolute atomic E-state index is 0.0686. The van der Waals surface area contributed by atoms with E-state index < -0.39 is 12.1 Å². The fourth-order valence-corrected chi connectivity index (χ4v) is 2.94. The molecular formula is C18H24N2O4S. The third-order valence-corrected chi connectivity index (χ3v) is 4.57.